The number of ketones is 1. The van der Waals surface area contributed by atoms with Crippen LogP contribution in [0.3, 0.4) is 0 Å². The number of phenolic OH excluding ortho intramolecular Hbond substituents is 1. The van der Waals surface area contributed by atoms with Gasteiger partial charge in [0, 0.05) is 5.56 Å². The summed E-state index contributed by atoms with van der Waals surface area (Å²) < 4.78 is 5.48. The summed E-state index contributed by atoms with van der Waals surface area (Å²) in [5.74, 6) is 0.525. The third kappa shape index (κ3) is 3.36. The van der Waals surface area contributed by atoms with Crippen LogP contribution in [0, 0.1) is 0 Å². The summed E-state index contributed by atoms with van der Waals surface area (Å²) in [6.45, 7) is 7.85. The van der Waals surface area contributed by atoms with Crippen molar-refractivity contribution in [1.29, 1.82) is 0 Å². The van der Waals surface area contributed by atoms with Crippen molar-refractivity contribution in [1.82, 2.24) is 0 Å². The molecule has 0 aromatic heterocycles. The second-order valence-corrected chi connectivity index (χ2v) is 4.41. The number of hydrogen-bond donors (Lipinski definition) is 1. The van der Waals surface area contributed by atoms with Crippen molar-refractivity contribution >= 4 is 5.78 Å². The normalized spacial score (nSPS) is 10.0. The molecule has 3 heteroatoms. The van der Waals surface area contributed by atoms with E-state index >= 15 is 0 Å². The molecule has 1 aromatic rings. The maximum atomic E-state index is 11.4. The first-order chi connectivity index (χ1) is 8.47. The average molecular weight is 248 g/mol. The lowest BCUT2D eigenvalue weighted by atomic mass is 10.0. The van der Waals surface area contributed by atoms with Crippen molar-refractivity contribution in [3.63, 3.8) is 0 Å². The van der Waals surface area contributed by atoms with E-state index in [1.54, 1.807) is 12.1 Å². The van der Waals surface area contributed by atoms with Gasteiger partial charge in [-0.2, -0.15) is 0 Å². The first-order valence-corrected chi connectivity index (χ1v) is 6.09. The minimum Gasteiger partial charge on any atom is -0.507 e. The topological polar surface area (TPSA) is 46.5 Å². The predicted molar refractivity (Wildman–Crippen MR) is 72.4 cm³/mol. The molecule has 0 fully saturated rings. The van der Waals surface area contributed by atoms with Gasteiger partial charge in [0.1, 0.15) is 11.5 Å². The van der Waals surface area contributed by atoms with Gasteiger partial charge in [0.05, 0.1) is 12.2 Å². The molecule has 1 rings (SSSR count). The number of allylic oxidation sites excluding steroid dienone is 2. The van der Waals surface area contributed by atoms with E-state index in [0.29, 0.717) is 29.9 Å². The fraction of sp³-hybridized carbons (Fsp3) is 0.400. The highest BCUT2D eigenvalue weighted by atomic mass is 16.5. The van der Waals surface area contributed by atoms with Crippen molar-refractivity contribution in [2.75, 3.05) is 6.61 Å². The van der Waals surface area contributed by atoms with Crippen LogP contribution in [0.1, 0.15) is 43.6 Å². The maximum absolute atomic E-state index is 11.4. The molecule has 0 unspecified atom stereocenters. The van der Waals surface area contributed by atoms with Crippen molar-refractivity contribution in [3.05, 3.63) is 34.9 Å². The molecule has 18 heavy (non-hydrogen) atoms. The van der Waals surface area contributed by atoms with Crippen LogP contribution in [0.15, 0.2) is 23.8 Å². The number of rotatable bonds is 5. The molecule has 98 valence electrons. The van der Waals surface area contributed by atoms with Crippen LogP contribution in [0.5, 0.6) is 11.5 Å². The Kier molecular flexibility index (Phi) is 4.95. The molecule has 0 aliphatic carbocycles. The Labute approximate surface area is 108 Å². The minimum absolute atomic E-state index is 0.0333. The van der Waals surface area contributed by atoms with Gasteiger partial charge in [-0.15, -0.1) is 0 Å². The third-order valence-electron chi connectivity index (χ3n) is 2.63. The average Bonchev–Trinajstić information content (AvgIpc) is 2.28. The first-order valence-electron chi connectivity index (χ1n) is 6.09. The standard InChI is InChI=1S/C15H20O3/c1-5-18-14-9-8-12(11(4)16)15(17)13(14)7-6-10(2)3/h6,8-9,17H,5,7H2,1-4H3. The summed E-state index contributed by atoms with van der Waals surface area (Å²) in [5, 5.41) is 10.1. The van der Waals surface area contributed by atoms with Crippen LogP contribution in [0.4, 0.5) is 0 Å². The van der Waals surface area contributed by atoms with Crippen LogP contribution < -0.4 is 4.74 Å². The largest absolute Gasteiger partial charge is 0.507 e. The molecule has 1 N–H and O–H groups in total. The van der Waals surface area contributed by atoms with E-state index in [1.165, 1.54) is 6.92 Å². The summed E-state index contributed by atoms with van der Waals surface area (Å²) in [7, 11) is 0. The van der Waals surface area contributed by atoms with Gasteiger partial charge in [-0.3, -0.25) is 4.79 Å². The smallest absolute Gasteiger partial charge is 0.163 e. The molecule has 0 amide bonds. The zero-order chi connectivity index (χ0) is 13.7. The van der Waals surface area contributed by atoms with Crippen LogP contribution in [0.25, 0.3) is 0 Å². The molecule has 0 heterocycles. The summed E-state index contributed by atoms with van der Waals surface area (Å²) >= 11 is 0. The molecule has 0 aliphatic heterocycles. The minimum atomic E-state index is -0.144. The van der Waals surface area contributed by atoms with Crippen LogP contribution >= 0.6 is 0 Å². The zero-order valence-corrected chi connectivity index (χ0v) is 11.4. The lowest BCUT2D eigenvalue weighted by Crippen LogP contribution is -2.01. The SMILES string of the molecule is CCOc1ccc(C(C)=O)c(O)c1CC=C(C)C. The van der Waals surface area contributed by atoms with Gasteiger partial charge < -0.3 is 9.84 Å². The Morgan fingerprint density at radius 1 is 1.33 bits per heavy atom. The molecule has 0 saturated carbocycles. The summed E-state index contributed by atoms with van der Waals surface area (Å²) in [6.07, 6.45) is 2.56. The van der Waals surface area contributed by atoms with E-state index in [4.69, 9.17) is 4.74 Å². The van der Waals surface area contributed by atoms with Gasteiger partial charge in [-0.1, -0.05) is 11.6 Å². The predicted octanol–water partition coefficient (Wildman–Crippen LogP) is 3.50. The van der Waals surface area contributed by atoms with Gasteiger partial charge in [-0.05, 0) is 46.2 Å². The fourth-order valence-electron chi connectivity index (χ4n) is 1.70. The lowest BCUT2D eigenvalue weighted by molar-refractivity contribution is 0.101. The Balaban J connectivity index is 3.26. The van der Waals surface area contributed by atoms with Crippen LogP contribution in [0.2, 0.25) is 0 Å². The lowest BCUT2D eigenvalue weighted by Gasteiger charge is -2.13. The molecular formula is C15H20O3. The molecule has 0 bridgehead atoms. The summed E-state index contributed by atoms with van der Waals surface area (Å²) in [6, 6.07) is 3.35. The van der Waals surface area contributed by atoms with Gasteiger partial charge in [0.25, 0.3) is 0 Å². The molecule has 1 aromatic carbocycles. The zero-order valence-electron chi connectivity index (χ0n) is 11.4. The fourth-order valence-corrected chi connectivity index (χ4v) is 1.70. The van der Waals surface area contributed by atoms with Gasteiger partial charge in [0.15, 0.2) is 5.78 Å². The van der Waals surface area contributed by atoms with E-state index in [9.17, 15) is 9.90 Å². The highest BCUT2D eigenvalue weighted by molar-refractivity contribution is 5.97. The van der Waals surface area contributed by atoms with Gasteiger partial charge in [-0.25, -0.2) is 0 Å². The number of carbonyl (C=O) groups is 1. The number of phenols is 1. The Hall–Kier alpha value is -1.77. The maximum Gasteiger partial charge on any atom is 0.163 e. The quantitative estimate of drug-likeness (QED) is 0.640. The van der Waals surface area contributed by atoms with Crippen LogP contribution in [-0.4, -0.2) is 17.5 Å². The second-order valence-electron chi connectivity index (χ2n) is 4.41. The molecule has 0 aliphatic rings. The molecular weight excluding hydrogens is 228 g/mol. The molecule has 0 saturated heterocycles. The Morgan fingerprint density at radius 3 is 2.50 bits per heavy atom. The van der Waals surface area contributed by atoms with E-state index in [1.807, 2.05) is 26.8 Å². The van der Waals surface area contributed by atoms with E-state index in [2.05, 4.69) is 0 Å². The highest BCUT2D eigenvalue weighted by Crippen LogP contribution is 2.32. The second kappa shape index (κ2) is 6.24. The van der Waals surface area contributed by atoms with E-state index in [-0.39, 0.29) is 11.5 Å². The first kappa shape index (κ1) is 14.3. The third-order valence-corrected chi connectivity index (χ3v) is 2.63. The van der Waals surface area contributed by atoms with Gasteiger partial charge >= 0.3 is 0 Å². The van der Waals surface area contributed by atoms with Crippen molar-refractivity contribution < 1.29 is 14.6 Å². The molecule has 0 spiro atoms. The number of hydrogen-bond acceptors (Lipinski definition) is 3. The Morgan fingerprint density at radius 2 is 2.00 bits per heavy atom. The summed E-state index contributed by atoms with van der Waals surface area (Å²) in [4.78, 5) is 11.4. The summed E-state index contributed by atoms with van der Waals surface area (Å²) in [5.41, 5.74) is 2.17. The Bertz CT molecular complexity index is 469. The van der Waals surface area contributed by atoms with E-state index < -0.39 is 0 Å². The highest BCUT2D eigenvalue weighted by Gasteiger charge is 2.15. The van der Waals surface area contributed by atoms with Crippen molar-refractivity contribution in [2.45, 2.75) is 34.1 Å². The molecule has 0 radical (unpaired) electrons. The molecule has 3 nitrogen and oxygen atoms in total. The number of ether oxygens (including phenoxy) is 1. The van der Waals surface area contributed by atoms with Gasteiger partial charge in [0.2, 0.25) is 0 Å². The van der Waals surface area contributed by atoms with Crippen molar-refractivity contribution in [3.8, 4) is 11.5 Å². The number of benzene rings is 1. The van der Waals surface area contributed by atoms with Crippen LogP contribution in [-0.2, 0) is 6.42 Å². The number of Topliss-reactive ketones (excluding diaryl/α,β-unsaturated/α-hetero) is 1. The van der Waals surface area contributed by atoms with Crippen molar-refractivity contribution in [2.24, 2.45) is 0 Å². The number of aromatic hydroxyl groups is 1. The van der Waals surface area contributed by atoms with E-state index in [0.717, 1.165) is 5.57 Å². The number of carbonyl (C=O) groups excluding carboxylic acids is 1. The monoisotopic (exact) mass is 248 g/mol. The molecule has 0 atom stereocenters.